The molecular weight excluding hydrogens is 332 g/mol. The Balaban J connectivity index is 1.53. The second kappa shape index (κ2) is 7.55. The van der Waals surface area contributed by atoms with Crippen molar-refractivity contribution in [2.24, 2.45) is 0 Å². The van der Waals surface area contributed by atoms with Gasteiger partial charge in [-0.15, -0.1) is 0 Å². The summed E-state index contributed by atoms with van der Waals surface area (Å²) in [6, 6.07) is -0.428. The fourth-order valence-electron chi connectivity index (χ4n) is 4.44. The molecule has 7 nitrogen and oxygen atoms in total. The van der Waals surface area contributed by atoms with Gasteiger partial charge in [0.25, 0.3) is 5.91 Å². The van der Waals surface area contributed by atoms with Crippen LogP contribution >= 0.6 is 0 Å². The Morgan fingerprint density at radius 2 is 1.69 bits per heavy atom. The third kappa shape index (κ3) is 3.87. The lowest BCUT2D eigenvalue weighted by Gasteiger charge is -2.41. The number of hydrogen-bond donors (Lipinski definition) is 2. The van der Waals surface area contributed by atoms with E-state index in [1.807, 2.05) is 0 Å². The van der Waals surface area contributed by atoms with E-state index in [4.69, 9.17) is 0 Å². The predicted octanol–water partition coefficient (Wildman–Crippen LogP) is 1.62. The van der Waals surface area contributed by atoms with Crippen molar-refractivity contribution in [2.45, 2.75) is 76.3 Å². The fourth-order valence-corrected chi connectivity index (χ4v) is 4.44. The summed E-state index contributed by atoms with van der Waals surface area (Å²) in [6.07, 6.45) is 8.00. The van der Waals surface area contributed by atoms with Gasteiger partial charge in [-0.3, -0.25) is 19.4 Å². The number of amides is 4. The summed E-state index contributed by atoms with van der Waals surface area (Å²) in [6.45, 7) is 6.69. The quantitative estimate of drug-likeness (QED) is 0.727. The molecule has 3 aliphatic rings. The highest BCUT2D eigenvalue weighted by molar-refractivity contribution is 6.09. The smallest absolute Gasteiger partial charge is 0.325 e. The maximum Gasteiger partial charge on any atom is 0.325 e. The number of rotatable bonds is 5. The molecule has 2 saturated heterocycles. The van der Waals surface area contributed by atoms with Gasteiger partial charge >= 0.3 is 6.03 Å². The topological polar surface area (TPSA) is 81.8 Å². The number of nitrogens with one attached hydrogen (secondary N) is 2. The Kier molecular flexibility index (Phi) is 5.55. The number of carbonyl (C=O) groups is 3. The molecule has 26 heavy (non-hydrogen) atoms. The molecule has 0 unspecified atom stereocenters. The summed E-state index contributed by atoms with van der Waals surface area (Å²) in [5.41, 5.74) is -0.888. The Morgan fingerprint density at radius 3 is 2.35 bits per heavy atom. The van der Waals surface area contributed by atoms with Crippen LogP contribution < -0.4 is 10.6 Å². The van der Waals surface area contributed by atoms with Gasteiger partial charge in [-0.05, 0) is 52.6 Å². The molecule has 3 rings (SSSR count). The molecule has 0 bridgehead atoms. The fraction of sp³-hybridized carbons (Fsp3) is 0.842. The van der Waals surface area contributed by atoms with Crippen LogP contribution in [-0.2, 0) is 9.59 Å². The van der Waals surface area contributed by atoms with Gasteiger partial charge in [-0.2, -0.15) is 0 Å². The summed E-state index contributed by atoms with van der Waals surface area (Å²) in [5, 5.41) is 5.77. The van der Waals surface area contributed by atoms with Gasteiger partial charge in [0, 0.05) is 12.1 Å². The number of carbonyl (C=O) groups excluding carboxylic acids is 3. The Hall–Kier alpha value is -1.63. The predicted molar refractivity (Wildman–Crippen MR) is 98.6 cm³/mol. The zero-order valence-electron chi connectivity index (χ0n) is 16.1. The van der Waals surface area contributed by atoms with Gasteiger partial charge in [0.2, 0.25) is 5.91 Å². The lowest BCUT2D eigenvalue weighted by Crippen LogP contribution is -2.54. The van der Waals surface area contributed by atoms with Crippen LogP contribution in [0, 0.1) is 0 Å². The van der Waals surface area contributed by atoms with E-state index in [9.17, 15) is 14.4 Å². The average molecular weight is 364 g/mol. The first-order chi connectivity index (χ1) is 12.3. The summed E-state index contributed by atoms with van der Waals surface area (Å²) in [5.74, 6) is -0.501. The Bertz CT molecular complexity index is 563. The van der Waals surface area contributed by atoms with Gasteiger partial charge in [-0.1, -0.05) is 25.7 Å². The second-order valence-corrected chi connectivity index (χ2v) is 8.60. The summed E-state index contributed by atoms with van der Waals surface area (Å²) in [7, 11) is 0. The van der Waals surface area contributed by atoms with Gasteiger partial charge in [0.15, 0.2) is 0 Å². The maximum absolute atomic E-state index is 12.7. The maximum atomic E-state index is 12.7. The van der Waals surface area contributed by atoms with E-state index in [0.29, 0.717) is 19.4 Å². The van der Waals surface area contributed by atoms with E-state index >= 15 is 0 Å². The van der Waals surface area contributed by atoms with Gasteiger partial charge in [-0.25, -0.2) is 4.79 Å². The molecule has 2 N–H and O–H groups in total. The van der Waals surface area contributed by atoms with E-state index in [1.54, 1.807) is 0 Å². The normalized spacial score (nSPS) is 24.0. The molecule has 1 saturated carbocycles. The zero-order chi connectivity index (χ0) is 18.8. The van der Waals surface area contributed by atoms with Crippen LogP contribution in [0.5, 0.6) is 0 Å². The molecule has 0 aromatic rings. The minimum atomic E-state index is -0.761. The molecule has 1 aliphatic carbocycles. The number of hydrogen-bond acceptors (Lipinski definition) is 4. The van der Waals surface area contributed by atoms with Gasteiger partial charge in [0.1, 0.15) is 12.1 Å². The number of piperidine rings is 1. The summed E-state index contributed by atoms with van der Waals surface area (Å²) >= 11 is 0. The Morgan fingerprint density at radius 1 is 1.08 bits per heavy atom. The van der Waals surface area contributed by atoms with E-state index in [-0.39, 0.29) is 23.9 Å². The third-order valence-corrected chi connectivity index (χ3v) is 6.19. The first kappa shape index (κ1) is 19.1. The van der Waals surface area contributed by atoms with Crippen molar-refractivity contribution >= 4 is 17.8 Å². The molecule has 2 aliphatic heterocycles. The lowest BCUT2D eigenvalue weighted by atomic mass is 9.82. The molecule has 146 valence electrons. The minimum Gasteiger partial charge on any atom is -0.353 e. The largest absolute Gasteiger partial charge is 0.353 e. The van der Waals surface area contributed by atoms with Crippen molar-refractivity contribution in [3.05, 3.63) is 0 Å². The molecule has 4 amide bonds. The minimum absolute atomic E-state index is 0.127. The third-order valence-electron chi connectivity index (χ3n) is 6.19. The monoisotopic (exact) mass is 364 g/mol. The molecule has 2 heterocycles. The number of imide groups is 1. The van der Waals surface area contributed by atoms with Crippen LogP contribution in [-0.4, -0.2) is 64.9 Å². The van der Waals surface area contributed by atoms with Crippen molar-refractivity contribution < 1.29 is 14.4 Å². The molecule has 0 atom stereocenters. The van der Waals surface area contributed by atoms with Crippen LogP contribution in [0.4, 0.5) is 4.79 Å². The van der Waals surface area contributed by atoms with Gasteiger partial charge < -0.3 is 10.6 Å². The van der Waals surface area contributed by atoms with Crippen molar-refractivity contribution in [1.82, 2.24) is 20.4 Å². The van der Waals surface area contributed by atoms with Crippen LogP contribution in [0.15, 0.2) is 0 Å². The number of likely N-dealkylation sites (tertiary alicyclic amines) is 1. The van der Waals surface area contributed by atoms with Crippen LogP contribution in [0.2, 0.25) is 0 Å². The zero-order valence-corrected chi connectivity index (χ0v) is 16.1. The molecule has 0 radical (unpaired) electrons. The van der Waals surface area contributed by atoms with E-state index in [2.05, 4.69) is 29.4 Å². The average Bonchev–Trinajstić information content (AvgIpc) is 2.85. The van der Waals surface area contributed by atoms with E-state index in [1.165, 1.54) is 19.3 Å². The standard InChI is InChI=1S/C19H32N4O3/c1-18(2,22-11-7-4-8-12-22)14-20-15(24)13-23-16(25)19(21-17(23)26)9-5-3-6-10-19/h3-14H2,1-2H3,(H,20,24)(H,21,26). The molecule has 1 spiro atoms. The second-order valence-electron chi connectivity index (χ2n) is 8.60. The van der Waals surface area contributed by atoms with Crippen molar-refractivity contribution in [1.29, 1.82) is 0 Å². The highest BCUT2D eigenvalue weighted by Crippen LogP contribution is 2.33. The number of urea groups is 1. The van der Waals surface area contributed by atoms with E-state index < -0.39 is 11.6 Å². The highest BCUT2D eigenvalue weighted by Gasteiger charge is 2.51. The SMILES string of the molecule is CC(C)(CNC(=O)CN1C(=O)NC2(CCCCC2)C1=O)N1CCCCC1. The molecule has 0 aromatic carbocycles. The van der Waals surface area contributed by atoms with E-state index in [0.717, 1.165) is 37.3 Å². The number of nitrogens with zero attached hydrogens (tertiary/aromatic N) is 2. The summed E-state index contributed by atoms with van der Waals surface area (Å²) in [4.78, 5) is 40.9. The molecule has 0 aromatic heterocycles. The Labute approximate surface area is 155 Å². The highest BCUT2D eigenvalue weighted by atomic mass is 16.2. The van der Waals surface area contributed by atoms with Crippen molar-refractivity contribution in [2.75, 3.05) is 26.2 Å². The lowest BCUT2D eigenvalue weighted by molar-refractivity contribution is -0.136. The van der Waals surface area contributed by atoms with Crippen molar-refractivity contribution in [3.63, 3.8) is 0 Å². The first-order valence-corrected chi connectivity index (χ1v) is 10.00. The molecule has 3 fully saturated rings. The first-order valence-electron chi connectivity index (χ1n) is 10.00. The van der Waals surface area contributed by atoms with Crippen LogP contribution in [0.3, 0.4) is 0 Å². The van der Waals surface area contributed by atoms with Crippen molar-refractivity contribution in [3.8, 4) is 0 Å². The van der Waals surface area contributed by atoms with Crippen LogP contribution in [0.25, 0.3) is 0 Å². The summed E-state index contributed by atoms with van der Waals surface area (Å²) < 4.78 is 0. The van der Waals surface area contributed by atoms with Crippen LogP contribution in [0.1, 0.15) is 65.2 Å². The molecule has 7 heteroatoms. The van der Waals surface area contributed by atoms with Gasteiger partial charge in [0.05, 0.1) is 0 Å². The molecular formula is C19H32N4O3.